The molecule has 0 unspecified atom stereocenters. The van der Waals surface area contributed by atoms with Gasteiger partial charge in [0.25, 0.3) is 5.91 Å². The van der Waals surface area contributed by atoms with Crippen LogP contribution in [0.2, 0.25) is 0 Å². The highest BCUT2D eigenvalue weighted by atomic mass is 16.5. The molecule has 3 rings (SSSR count). The van der Waals surface area contributed by atoms with Crippen LogP contribution in [-0.2, 0) is 27.4 Å². The first-order chi connectivity index (χ1) is 19.7. The van der Waals surface area contributed by atoms with Crippen molar-refractivity contribution < 1.29 is 38.9 Å². The number of fused-ring (bicyclic) bond motifs is 1. The molecule has 2 aromatic carbocycles. The van der Waals surface area contributed by atoms with Crippen LogP contribution in [0.4, 0.5) is 9.59 Å². The van der Waals surface area contributed by atoms with Crippen molar-refractivity contribution in [3.63, 3.8) is 0 Å². The maximum atomic E-state index is 12.8. The molecule has 0 fully saturated rings. The number of aromatic amines is 1. The first-order valence-electron chi connectivity index (χ1n) is 12.9. The van der Waals surface area contributed by atoms with E-state index in [0.29, 0.717) is 17.8 Å². The lowest BCUT2D eigenvalue weighted by Gasteiger charge is -2.22. The maximum absolute atomic E-state index is 12.8. The summed E-state index contributed by atoms with van der Waals surface area (Å²) < 4.78 is 4.90. The summed E-state index contributed by atoms with van der Waals surface area (Å²) in [4.78, 5) is 68.5. The van der Waals surface area contributed by atoms with Gasteiger partial charge in [-0.2, -0.15) is 0 Å². The Kier molecular flexibility index (Phi) is 11.0. The zero-order chi connectivity index (χ0) is 29.8. The molecule has 0 bridgehead atoms. The highest BCUT2D eigenvalue weighted by Crippen LogP contribution is 2.14. The number of hydrogen-bond acceptors (Lipinski definition) is 7. The molecule has 41 heavy (non-hydrogen) atoms. The van der Waals surface area contributed by atoms with E-state index in [1.807, 2.05) is 31.2 Å². The number of benzene rings is 2. The number of aliphatic carboxylic acids is 2. The third-order valence-corrected chi connectivity index (χ3v) is 5.83. The van der Waals surface area contributed by atoms with E-state index in [4.69, 9.17) is 9.84 Å². The maximum Gasteiger partial charge on any atom is 0.407 e. The number of ether oxygens (including phenoxy) is 1. The molecule has 0 saturated heterocycles. The molecular formula is C27H32N6O8. The minimum atomic E-state index is -1.39. The Morgan fingerprint density at radius 2 is 1.73 bits per heavy atom. The molecule has 6 N–H and O–H groups in total. The number of carboxylic acid groups (broad SMARTS) is 2. The van der Waals surface area contributed by atoms with Crippen molar-refractivity contribution in [1.29, 1.82) is 0 Å². The Balaban J connectivity index is 1.62. The quantitative estimate of drug-likeness (QED) is 0.157. The first-order valence-corrected chi connectivity index (χ1v) is 12.9. The summed E-state index contributed by atoms with van der Waals surface area (Å²) in [6.07, 6.45) is 0.564. The van der Waals surface area contributed by atoms with Crippen LogP contribution < -0.4 is 16.0 Å². The van der Waals surface area contributed by atoms with Crippen LogP contribution in [0.5, 0.6) is 0 Å². The lowest BCUT2D eigenvalue weighted by atomic mass is 10.1. The monoisotopic (exact) mass is 568 g/mol. The summed E-state index contributed by atoms with van der Waals surface area (Å²) >= 11 is 0. The van der Waals surface area contributed by atoms with Gasteiger partial charge in [0.15, 0.2) is 0 Å². The number of rotatable bonds is 14. The average molecular weight is 569 g/mol. The van der Waals surface area contributed by atoms with Crippen molar-refractivity contribution in [2.24, 2.45) is 0 Å². The van der Waals surface area contributed by atoms with E-state index in [1.165, 1.54) is 17.0 Å². The summed E-state index contributed by atoms with van der Waals surface area (Å²) in [6, 6.07) is 11.6. The summed E-state index contributed by atoms with van der Waals surface area (Å²) in [5.74, 6) is -2.59. The highest BCUT2D eigenvalue weighted by molar-refractivity contribution is 5.94. The smallest absolute Gasteiger partial charge is 0.407 e. The number of carboxylic acids is 2. The van der Waals surface area contributed by atoms with Crippen LogP contribution in [0, 0.1) is 0 Å². The van der Waals surface area contributed by atoms with Crippen molar-refractivity contribution in [2.45, 2.75) is 38.9 Å². The summed E-state index contributed by atoms with van der Waals surface area (Å²) in [6.45, 7) is 1.29. The normalized spacial score (nSPS) is 11.3. The second kappa shape index (κ2) is 14.9. The lowest BCUT2D eigenvalue weighted by Crippen LogP contribution is -2.48. The van der Waals surface area contributed by atoms with Crippen LogP contribution in [-0.4, -0.2) is 80.8 Å². The van der Waals surface area contributed by atoms with Crippen molar-refractivity contribution >= 4 is 41.0 Å². The number of urea groups is 1. The highest BCUT2D eigenvalue weighted by Gasteiger charge is 2.22. The van der Waals surface area contributed by atoms with E-state index in [9.17, 15) is 29.1 Å². The van der Waals surface area contributed by atoms with Gasteiger partial charge in [0, 0.05) is 18.7 Å². The topological polar surface area (TPSA) is 203 Å². The molecule has 0 aliphatic carbocycles. The van der Waals surface area contributed by atoms with Crippen molar-refractivity contribution in [1.82, 2.24) is 30.8 Å². The van der Waals surface area contributed by atoms with Gasteiger partial charge in [0.1, 0.15) is 18.4 Å². The van der Waals surface area contributed by atoms with Crippen LogP contribution >= 0.6 is 0 Å². The lowest BCUT2D eigenvalue weighted by molar-refractivity contribution is -0.139. The van der Waals surface area contributed by atoms with Gasteiger partial charge in [0.05, 0.1) is 24.2 Å². The van der Waals surface area contributed by atoms with Crippen molar-refractivity contribution in [3.05, 3.63) is 65.5 Å². The largest absolute Gasteiger partial charge is 0.480 e. The van der Waals surface area contributed by atoms with E-state index in [0.717, 1.165) is 17.5 Å². The number of nitrogens with zero attached hydrogens (tertiary/aromatic N) is 2. The minimum absolute atomic E-state index is 0.0623. The zero-order valence-electron chi connectivity index (χ0n) is 22.4. The van der Waals surface area contributed by atoms with Crippen LogP contribution in [0.25, 0.3) is 11.0 Å². The molecule has 0 radical (unpaired) electrons. The molecule has 218 valence electrons. The molecule has 14 heteroatoms. The first kappa shape index (κ1) is 30.4. The Morgan fingerprint density at radius 3 is 2.39 bits per heavy atom. The Bertz CT molecular complexity index is 1340. The Morgan fingerprint density at radius 1 is 1.00 bits per heavy atom. The fourth-order valence-corrected chi connectivity index (χ4v) is 3.70. The molecule has 0 saturated carbocycles. The second-order valence-electron chi connectivity index (χ2n) is 9.04. The molecule has 1 aromatic heterocycles. The number of unbranched alkanes of at least 4 members (excludes halogenated alkanes) is 1. The fraction of sp³-hybridized carbons (Fsp3) is 0.333. The third kappa shape index (κ3) is 9.53. The minimum Gasteiger partial charge on any atom is -0.480 e. The third-order valence-electron chi connectivity index (χ3n) is 5.83. The average Bonchev–Trinajstić information content (AvgIpc) is 3.36. The van der Waals surface area contributed by atoms with E-state index in [1.54, 1.807) is 12.1 Å². The standard InChI is InChI=1S/C27H32N6O8/c1-2-3-12-41-27(40)32-21(25(37)38)13-28-24(36)18-10-8-17(9-11-18)15-33(26(39)29-14-23(34)35)16-22-30-19-6-4-5-7-20(19)31-22/h4-11,21H,2-3,12-16H2,1H3,(H,28,36)(H,29,39)(H,30,31)(H,32,40)(H,34,35)(H,37,38)/t21-/m0/s1. The van der Waals surface area contributed by atoms with E-state index < -0.39 is 42.6 Å². The van der Waals surface area contributed by atoms with E-state index >= 15 is 0 Å². The van der Waals surface area contributed by atoms with Gasteiger partial charge in [-0.05, 0) is 36.2 Å². The SMILES string of the molecule is CCCCOC(=O)N[C@@H](CNC(=O)c1ccc(CN(Cc2nc3ccccc3[nH]2)C(=O)NCC(=O)O)cc1)C(=O)O. The number of imidazole rings is 1. The number of carbonyl (C=O) groups is 5. The van der Waals surface area contributed by atoms with Gasteiger partial charge in [-0.25, -0.2) is 19.4 Å². The predicted molar refractivity (Wildman–Crippen MR) is 146 cm³/mol. The molecule has 1 heterocycles. The molecule has 1 atom stereocenters. The van der Waals surface area contributed by atoms with Gasteiger partial charge in [-0.15, -0.1) is 0 Å². The summed E-state index contributed by atoms with van der Waals surface area (Å²) in [5.41, 5.74) is 2.38. The van der Waals surface area contributed by atoms with Crippen molar-refractivity contribution in [3.8, 4) is 0 Å². The van der Waals surface area contributed by atoms with E-state index in [-0.39, 0.29) is 31.8 Å². The molecule has 0 aliphatic heterocycles. The number of H-pyrrole nitrogens is 1. The molecule has 3 aromatic rings. The van der Waals surface area contributed by atoms with Gasteiger partial charge in [-0.3, -0.25) is 9.59 Å². The number of aromatic nitrogens is 2. The number of amides is 4. The second-order valence-corrected chi connectivity index (χ2v) is 9.04. The van der Waals surface area contributed by atoms with E-state index in [2.05, 4.69) is 25.9 Å². The molecule has 0 spiro atoms. The van der Waals surface area contributed by atoms with Crippen molar-refractivity contribution in [2.75, 3.05) is 19.7 Å². The zero-order valence-corrected chi connectivity index (χ0v) is 22.4. The molecule has 14 nitrogen and oxygen atoms in total. The Hall–Kier alpha value is -5.14. The summed E-state index contributed by atoms with van der Waals surface area (Å²) in [5, 5.41) is 25.3. The van der Waals surface area contributed by atoms with Crippen LogP contribution in [0.1, 0.15) is 41.5 Å². The molecule has 4 amide bonds. The number of nitrogens with one attached hydrogen (secondary N) is 4. The molecular weight excluding hydrogens is 536 g/mol. The van der Waals surface area contributed by atoms with Crippen LogP contribution in [0.3, 0.4) is 0 Å². The van der Waals surface area contributed by atoms with Gasteiger partial charge >= 0.3 is 24.1 Å². The number of para-hydroxylation sites is 2. The number of alkyl carbamates (subject to hydrolysis) is 1. The number of carbonyl (C=O) groups excluding carboxylic acids is 3. The fourth-order valence-electron chi connectivity index (χ4n) is 3.70. The van der Waals surface area contributed by atoms with Gasteiger partial charge < -0.3 is 40.8 Å². The predicted octanol–water partition coefficient (Wildman–Crippen LogP) is 2.07. The van der Waals surface area contributed by atoms with Gasteiger partial charge in [-0.1, -0.05) is 37.6 Å². The Labute approximate surface area is 235 Å². The summed E-state index contributed by atoms with van der Waals surface area (Å²) in [7, 11) is 0. The molecule has 0 aliphatic rings. The number of hydrogen-bond donors (Lipinski definition) is 6. The van der Waals surface area contributed by atoms with Gasteiger partial charge in [0.2, 0.25) is 0 Å². The van der Waals surface area contributed by atoms with Crippen LogP contribution in [0.15, 0.2) is 48.5 Å².